The summed E-state index contributed by atoms with van der Waals surface area (Å²) >= 11 is 0. The molecule has 1 aromatic carbocycles. The summed E-state index contributed by atoms with van der Waals surface area (Å²) in [7, 11) is 0. The van der Waals surface area contributed by atoms with Crippen LogP contribution >= 0.6 is 0 Å². The van der Waals surface area contributed by atoms with Gasteiger partial charge < -0.3 is 24.6 Å². The molecule has 0 saturated carbocycles. The van der Waals surface area contributed by atoms with Crippen molar-refractivity contribution in [3.8, 4) is 11.1 Å². The molecule has 0 spiro atoms. The fourth-order valence-electron chi connectivity index (χ4n) is 4.45. The number of benzene rings is 1. The van der Waals surface area contributed by atoms with Crippen LogP contribution in [0.15, 0.2) is 30.6 Å². The quantitative estimate of drug-likeness (QED) is 0.759. The number of hydrogen-bond acceptors (Lipinski definition) is 7. The van der Waals surface area contributed by atoms with Crippen LogP contribution in [0.2, 0.25) is 0 Å². The van der Waals surface area contributed by atoms with Crippen molar-refractivity contribution in [3.05, 3.63) is 36.2 Å². The van der Waals surface area contributed by atoms with Crippen LogP contribution in [-0.4, -0.2) is 60.4 Å². The molecule has 0 aliphatic carbocycles. The largest absolute Gasteiger partial charge is 0.447 e. The van der Waals surface area contributed by atoms with Crippen molar-refractivity contribution < 1.29 is 19.1 Å². The Balaban J connectivity index is 1.64. The second kappa shape index (κ2) is 9.74. The molecule has 1 fully saturated rings. The molecule has 3 heterocycles. The Bertz CT molecular complexity index is 1000. The molecule has 2 aliphatic rings. The van der Waals surface area contributed by atoms with E-state index in [1.807, 2.05) is 51.4 Å². The molecule has 33 heavy (non-hydrogen) atoms. The van der Waals surface area contributed by atoms with E-state index >= 15 is 0 Å². The summed E-state index contributed by atoms with van der Waals surface area (Å²) in [6.07, 6.45) is 3.53. The molecular formula is C24H31N5O4. The van der Waals surface area contributed by atoms with E-state index in [9.17, 15) is 9.59 Å². The summed E-state index contributed by atoms with van der Waals surface area (Å²) in [5.74, 6) is 0.658. The average Bonchev–Trinajstić information content (AvgIpc) is 2.79. The third-order valence-corrected chi connectivity index (χ3v) is 5.92. The Morgan fingerprint density at radius 1 is 1.15 bits per heavy atom. The lowest BCUT2D eigenvalue weighted by molar-refractivity contribution is -0.117. The number of fused-ring (bicyclic) bond motifs is 1. The molecule has 1 aromatic heterocycles. The first-order valence-corrected chi connectivity index (χ1v) is 11.4. The van der Waals surface area contributed by atoms with Gasteiger partial charge in [-0.05, 0) is 50.5 Å². The highest BCUT2D eigenvalue weighted by Gasteiger charge is 2.34. The van der Waals surface area contributed by atoms with E-state index in [1.54, 1.807) is 11.8 Å². The van der Waals surface area contributed by atoms with Crippen LogP contribution in [0.3, 0.4) is 0 Å². The SMILES string of the molecule is CC(=O)N1c2ccc(-c3cnc(N4CCOCC4)nc3)cc2[C@H](NC(=O)OC(C)C)C[C@@H]1C. The number of hydrogen-bond donors (Lipinski definition) is 1. The van der Waals surface area contributed by atoms with Crippen LogP contribution in [0.4, 0.5) is 16.4 Å². The average molecular weight is 454 g/mol. The van der Waals surface area contributed by atoms with Gasteiger partial charge in [-0.1, -0.05) is 6.07 Å². The molecular weight excluding hydrogens is 422 g/mol. The summed E-state index contributed by atoms with van der Waals surface area (Å²) in [5, 5.41) is 2.98. The molecule has 1 saturated heterocycles. The van der Waals surface area contributed by atoms with Gasteiger partial charge in [0.2, 0.25) is 11.9 Å². The van der Waals surface area contributed by atoms with Gasteiger partial charge in [-0.3, -0.25) is 4.79 Å². The number of ether oxygens (including phenoxy) is 2. The van der Waals surface area contributed by atoms with Gasteiger partial charge in [0.15, 0.2) is 0 Å². The van der Waals surface area contributed by atoms with Gasteiger partial charge in [-0.2, -0.15) is 0 Å². The van der Waals surface area contributed by atoms with E-state index in [0.717, 1.165) is 35.5 Å². The summed E-state index contributed by atoms with van der Waals surface area (Å²) in [6, 6.07) is 5.57. The maximum Gasteiger partial charge on any atom is 0.407 e. The fraction of sp³-hybridized carbons (Fsp3) is 0.500. The normalized spacial score (nSPS) is 20.4. The first-order chi connectivity index (χ1) is 15.8. The van der Waals surface area contributed by atoms with Crippen LogP contribution in [-0.2, 0) is 14.3 Å². The predicted octanol–water partition coefficient (Wildman–Crippen LogP) is 3.30. The minimum Gasteiger partial charge on any atom is -0.447 e. The second-order valence-electron chi connectivity index (χ2n) is 8.77. The number of aromatic nitrogens is 2. The lowest BCUT2D eigenvalue weighted by Gasteiger charge is -2.39. The third-order valence-electron chi connectivity index (χ3n) is 5.92. The summed E-state index contributed by atoms with van der Waals surface area (Å²) in [4.78, 5) is 37.7. The lowest BCUT2D eigenvalue weighted by atomic mass is 9.89. The maximum absolute atomic E-state index is 12.4. The Kier molecular flexibility index (Phi) is 6.78. The van der Waals surface area contributed by atoms with Gasteiger partial charge in [-0.25, -0.2) is 14.8 Å². The summed E-state index contributed by atoms with van der Waals surface area (Å²) in [6.45, 7) is 10.1. The number of carbonyl (C=O) groups is 2. The number of morpholine rings is 1. The molecule has 2 amide bonds. The number of nitrogens with zero attached hydrogens (tertiary/aromatic N) is 4. The zero-order valence-corrected chi connectivity index (χ0v) is 19.6. The number of amides is 2. The Morgan fingerprint density at radius 2 is 1.85 bits per heavy atom. The predicted molar refractivity (Wildman–Crippen MR) is 125 cm³/mol. The first kappa shape index (κ1) is 23.0. The van der Waals surface area contributed by atoms with Gasteiger partial charge in [0, 0.05) is 49.7 Å². The lowest BCUT2D eigenvalue weighted by Crippen LogP contribution is -2.45. The van der Waals surface area contributed by atoms with Crippen LogP contribution in [0.25, 0.3) is 11.1 Å². The minimum absolute atomic E-state index is 0.0297. The minimum atomic E-state index is -0.465. The van der Waals surface area contributed by atoms with Gasteiger partial charge in [0.1, 0.15) is 0 Å². The van der Waals surface area contributed by atoms with E-state index in [4.69, 9.17) is 9.47 Å². The zero-order chi connectivity index (χ0) is 23.5. The highest BCUT2D eigenvalue weighted by Crippen LogP contribution is 2.39. The van der Waals surface area contributed by atoms with Gasteiger partial charge >= 0.3 is 6.09 Å². The second-order valence-corrected chi connectivity index (χ2v) is 8.77. The fourth-order valence-corrected chi connectivity index (χ4v) is 4.45. The Morgan fingerprint density at radius 3 is 2.48 bits per heavy atom. The monoisotopic (exact) mass is 453 g/mol. The molecule has 176 valence electrons. The molecule has 1 N–H and O–H groups in total. The molecule has 0 radical (unpaired) electrons. The molecule has 9 nitrogen and oxygen atoms in total. The smallest absolute Gasteiger partial charge is 0.407 e. The maximum atomic E-state index is 12.4. The zero-order valence-electron chi connectivity index (χ0n) is 19.6. The summed E-state index contributed by atoms with van der Waals surface area (Å²) in [5.41, 5.74) is 3.46. The van der Waals surface area contributed by atoms with E-state index in [-0.39, 0.29) is 24.1 Å². The van der Waals surface area contributed by atoms with Crippen LogP contribution in [0, 0.1) is 0 Å². The van der Waals surface area contributed by atoms with Gasteiger partial charge in [-0.15, -0.1) is 0 Å². The first-order valence-electron chi connectivity index (χ1n) is 11.4. The molecule has 0 unspecified atom stereocenters. The van der Waals surface area contributed by atoms with Crippen molar-refractivity contribution in [2.24, 2.45) is 0 Å². The van der Waals surface area contributed by atoms with Crippen LogP contribution < -0.4 is 15.1 Å². The highest BCUT2D eigenvalue weighted by molar-refractivity contribution is 5.94. The van der Waals surface area contributed by atoms with Gasteiger partial charge in [0.25, 0.3) is 0 Å². The Labute approximate surface area is 194 Å². The molecule has 2 atom stereocenters. The van der Waals surface area contributed by atoms with Crippen molar-refractivity contribution in [1.82, 2.24) is 15.3 Å². The van der Waals surface area contributed by atoms with Crippen molar-refractivity contribution in [2.75, 3.05) is 36.1 Å². The molecule has 9 heteroatoms. The number of carbonyl (C=O) groups excluding carboxylic acids is 2. The van der Waals surface area contributed by atoms with E-state index in [2.05, 4.69) is 20.2 Å². The van der Waals surface area contributed by atoms with Crippen LogP contribution in [0.5, 0.6) is 0 Å². The number of alkyl carbamates (subject to hydrolysis) is 1. The third kappa shape index (κ3) is 5.08. The number of anilines is 2. The molecule has 0 bridgehead atoms. The highest BCUT2D eigenvalue weighted by atomic mass is 16.6. The van der Waals surface area contributed by atoms with E-state index < -0.39 is 6.09 Å². The molecule has 2 aliphatic heterocycles. The summed E-state index contributed by atoms with van der Waals surface area (Å²) < 4.78 is 10.7. The Hall–Kier alpha value is -3.20. The van der Waals surface area contributed by atoms with E-state index in [1.165, 1.54) is 0 Å². The van der Waals surface area contributed by atoms with Crippen molar-refractivity contribution in [1.29, 1.82) is 0 Å². The molecule has 2 aromatic rings. The van der Waals surface area contributed by atoms with Crippen molar-refractivity contribution in [2.45, 2.75) is 52.3 Å². The van der Waals surface area contributed by atoms with Crippen LogP contribution in [0.1, 0.15) is 45.7 Å². The molecule has 4 rings (SSSR count). The number of rotatable bonds is 4. The van der Waals surface area contributed by atoms with Gasteiger partial charge in [0.05, 0.1) is 25.4 Å². The van der Waals surface area contributed by atoms with Crippen molar-refractivity contribution >= 4 is 23.6 Å². The topological polar surface area (TPSA) is 96.9 Å². The van der Waals surface area contributed by atoms with E-state index in [0.29, 0.717) is 25.6 Å². The van der Waals surface area contributed by atoms with Crippen molar-refractivity contribution in [3.63, 3.8) is 0 Å². The number of nitrogens with one attached hydrogen (secondary N) is 1. The standard InChI is InChI=1S/C24H31N5O4/c1-15(2)33-24(31)27-21-11-16(3)29(17(4)30)22-6-5-18(12-20(21)22)19-13-25-23(26-14-19)28-7-9-32-10-8-28/h5-6,12-16,21H,7-11H2,1-4H3,(H,27,31)/t16-,21+/m0/s1.